The number of hydrogen-bond acceptors (Lipinski definition) is 4. The van der Waals surface area contributed by atoms with E-state index in [0.717, 1.165) is 31.2 Å². The molecule has 28 heavy (non-hydrogen) atoms. The Hall–Kier alpha value is -2.57. The first-order valence-electron chi connectivity index (χ1n) is 9.36. The van der Waals surface area contributed by atoms with Crippen molar-refractivity contribution in [3.05, 3.63) is 58.6 Å². The topological polar surface area (TPSA) is 78.7 Å². The summed E-state index contributed by atoms with van der Waals surface area (Å²) in [5, 5.41) is 3.53. The SMILES string of the molecule is Cc1ccc(Cl)cc1N1CCN(CCC(=O)Nc2ccccc2C(N)=O)CC1. The molecule has 1 aliphatic heterocycles. The molecule has 0 unspecified atom stereocenters. The molecule has 2 aromatic carbocycles. The average molecular weight is 401 g/mol. The van der Waals surface area contributed by atoms with Crippen molar-refractivity contribution in [2.45, 2.75) is 13.3 Å². The highest BCUT2D eigenvalue weighted by Crippen LogP contribution is 2.25. The third kappa shape index (κ3) is 5.03. The summed E-state index contributed by atoms with van der Waals surface area (Å²) in [6.45, 7) is 6.33. The predicted molar refractivity (Wildman–Crippen MR) is 113 cm³/mol. The summed E-state index contributed by atoms with van der Waals surface area (Å²) in [5.41, 5.74) is 8.52. The van der Waals surface area contributed by atoms with Gasteiger partial charge < -0.3 is 16.0 Å². The highest BCUT2D eigenvalue weighted by molar-refractivity contribution is 6.30. The van der Waals surface area contributed by atoms with Crippen LogP contribution < -0.4 is 16.0 Å². The Kier molecular flexibility index (Phi) is 6.54. The Labute approximate surface area is 170 Å². The van der Waals surface area contributed by atoms with E-state index in [1.165, 1.54) is 11.3 Å². The quantitative estimate of drug-likeness (QED) is 0.781. The van der Waals surface area contributed by atoms with Gasteiger partial charge in [0.2, 0.25) is 5.91 Å². The number of benzene rings is 2. The van der Waals surface area contributed by atoms with E-state index in [1.54, 1.807) is 24.3 Å². The number of halogens is 1. The second-order valence-electron chi connectivity index (χ2n) is 6.97. The largest absolute Gasteiger partial charge is 0.369 e. The number of nitrogens with zero attached hydrogens (tertiary/aromatic N) is 2. The van der Waals surface area contributed by atoms with Gasteiger partial charge in [-0.05, 0) is 36.8 Å². The molecule has 0 spiro atoms. The van der Waals surface area contributed by atoms with Gasteiger partial charge >= 0.3 is 0 Å². The van der Waals surface area contributed by atoms with Gasteiger partial charge in [-0.15, -0.1) is 0 Å². The molecule has 1 heterocycles. The van der Waals surface area contributed by atoms with Crippen LogP contribution in [0, 0.1) is 6.92 Å². The van der Waals surface area contributed by atoms with Crippen molar-refractivity contribution in [2.75, 3.05) is 42.9 Å². The van der Waals surface area contributed by atoms with Gasteiger partial charge in [-0.1, -0.05) is 29.8 Å². The normalized spacial score (nSPS) is 14.7. The molecular weight excluding hydrogens is 376 g/mol. The van der Waals surface area contributed by atoms with Gasteiger partial charge in [0, 0.05) is 49.9 Å². The monoisotopic (exact) mass is 400 g/mol. The molecule has 6 nitrogen and oxygen atoms in total. The first kappa shape index (κ1) is 20.2. The van der Waals surface area contributed by atoms with Crippen LogP contribution in [0.3, 0.4) is 0 Å². The summed E-state index contributed by atoms with van der Waals surface area (Å²) in [7, 11) is 0. The fourth-order valence-corrected chi connectivity index (χ4v) is 3.58. The summed E-state index contributed by atoms with van der Waals surface area (Å²) in [5.74, 6) is -0.676. The van der Waals surface area contributed by atoms with Crippen molar-refractivity contribution in [3.63, 3.8) is 0 Å². The molecule has 2 aromatic rings. The summed E-state index contributed by atoms with van der Waals surface area (Å²) < 4.78 is 0. The van der Waals surface area contributed by atoms with Gasteiger partial charge in [0.1, 0.15) is 0 Å². The predicted octanol–water partition coefficient (Wildman–Crippen LogP) is 2.90. The fourth-order valence-electron chi connectivity index (χ4n) is 3.41. The highest BCUT2D eigenvalue weighted by Gasteiger charge is 2.19. The first-order chi connectivity index (χ1) is 13.4. The number of primary amides is 1. The number of para-hydroxylation sites is 1. The summed E-state index contributed by atoms with van der Waals surface area (Å²) >= 11 is 6.14. The molecule has 0 saturated carbocycles. The lowest BCUT2D eigenvalue weighted by atomic mass is 10.1. The molecule has 3 rings (SSSR count). The maximum Gasteiger partial charge on any atom is 0.250 e. The van der Waals surface area contributed by atoms with Gasteiger partial charge in [0.25, 0.3) is 5.91 Å². The molecule has 0 radical (unpaired) electrons. The number of nitrogens with one attached hydrogen (secondary N) is 1. The number of carbonyl (C=O) groups is 2. The zero-order chi connectivity index (χ0) is 20.1. The van der Waals surface area contributed by atoms with E-state index in [4.69, 9.17) is 17.3 Å². The van der Waals surface area contributed by atoms with Crippen molar-refractivity contribution in [1.82, 2.24) is 4.90 Å². The summed E-state index contributed by atoms with van der Waals surface area (Å²) in [6, 6.07) is 12.7. The van der Waals surface area contributed by atoms with E-state index in [0.29, 0.717) is 24.2 Å². The maximum atomic E-state index is 12.3. The fraction of sp³-hybridized carbons (Fsp3) is 0.333. The number of amides is 2. The molecule has 1 saturated heterocycles. The molecule has 1 aliphatic rings. The van der Waals surface area contributed by atoms with E-state index in [9.17, 15) is 9.59 Å². The van der Waals surface area contributed by atoms with Crippen LogP contribution in [0.1, 0.15) is 22.3 Å². The number of aryl methyl sites for hydroxylation is 1. The van der Waals surface area contributed by atoms with Crippen molar-refractivity contribution in [1.29, 1.82) is 0 Å². The number of carbonyl (C=O) groups excluding carboxylic acids is 2. The summed E-state index contributed by atoms with van der Waals surface area (Å²) in [4.78, 5) is 28.3. The van der Waals surface area contributed by atoms with E-state index in [2.05, 4.69) is 22.0 Å². The minimum absolute atomic E-state index is 0.123. The Balaban J connectivity index is 1.48. The lowest BCUT2D eigenvalue weighted by Crippen LogP contribution is -2.47. The Morgan fingerprint density at radius 2 is 1.82 bits per heavy atom. The average Bonchev–Trinajstić information content (AvgIpc) is 2.69. The van der Waals surface area contributed by atoms with E-state index < -0.39 is 5.91 Å². The molecule has 0 atom stereocenters. The van der Waals surface area contributed by atoms with Crippen LogP contribution in [-0.2, 0) is 4.79 Å². The van der Waals surface area contributed by atoms with Crippen LogP contribution >= 0.6 is 11.6 Å². The Bertz CT molecular complexity index is 863. The smallest absolute Gasteiger partial charge is 0.250 e. The number of anilines is 2. The van der Waals surface area contributed by atoms with Crippen molar-refractivity contribution >= 4 is 34.8 Å². The molecule has 0 bridgehead atoms. The molecule has 1 fully saturated rings. The molecule has 7 heteroatoms. The van der Waals surface area contributed by atoms with Gasteiger partial charge in [0.15, 0.2) is 0 Å². The number of piperazine rings is 1. The van der Waals surface area contributed by atoms with Crippen LogP contribution in [0.5, 0.6) is 0 Å². The third-order valence-corrected chi connectivity index (χ3v) is 5.24. The minimum atomic E-state index is -0.552. The van der Waals surface area contributed by atoms with Crippen LogP contribution in [0.25, 0.3) is 0 Å². The van der Waals surface area contributed by atoms with Gasteiger partial charge in [-0.2, -0.15) is 0 Å². The van der Waals surface area contributed by atoms with Crippen LogP contribution in [-0.4, -0.2) is 49.4 Å². The second kappa shape index (κ2) is 9.08. The number of rotatable bonds is 6. The standard InChI is InChI=1S/C21H25ClN4O2/c1-15-6-7-16(22)14-19(15)26-12-10-25(11-13-26)9-8-20(27)24-18-5-3-2-4-17(18)21(23)28/h2-7,14H,8-13H2,1H3,(H2,23,28)(H,24,27). The first-order valence-corrected chi connectivity index (χ1v) is 9.74. The zero-order valence-electron chi connectivity index (χ0n) is 16.0. The van der Waals surface area contributed by atoms with Crippen LogP contribution in [0.2, 0.25) is 5.02 Å². The van der Waals surface area contributed by atoms with Crippen molar-refractivity contribution in [2.24, 2.45) is 5.73 Å². The van der Waals surface area contributed by atoms with Gasteiger partial charge in [0.05, 0.1) is 11.3 Å². The number of nitrogens with two attached hydrogens (primary N) is 1. The van der Waals surface area contributed by atoms with E-state index in [-0.39, 0.29) is 5.91 Å². The molecular formula is C21H25ClN4O2. The lowest BCUT2D eigenvalue weighted by molar-refractivity contribution is -0.116. The molecule has 0 aromatic heterocycles. The molecule has 3 N–H and O–H groups in total. The van der Waals surface area contributed by atoms with Crippen molar-refractivity contribution < 1.29 is 9.59 Å². The van der Waals surface area contributed by atoms with E-state index in [1.807, 2.05) is 18.2 Å². The number of hydrogen-bond donors (Lipinski definition) is 2. The Morgan fingerprint density at radius 3 is 2.54 bits per heavy atom. The summed E-state index contributed by atoms with van der Waals surface area (Å²) in [6.07, 6.45) is 0.364. The molecule has 148 valence electrons. The lowest BCUT2D eigenvalue weighted by Gasteiger charge is -2.36. The zero-order valence-corrected chi connectivity index (χ0v) is 16.7. The van der Waals surface area contributed by atoms with Crippen LogP contribution in [0.4, 0.5) is 11.4 Å². The molecule has 2 amide bonds. The second-order valence-corrected chi connectivity index (χ2v) is 7.40. The maximum absolute atomic E-state index is 12.3. The Morgan fingerprint density at radius 1 is 1.11 bits per heavy atom. The minimum Gasteiger partial charge on any atom is -0.369 e. The van der Waals surface area contributed by atoms with Crippen LogP contribution in [0.15, 0.2) is 42.5 Å². The van der Waals surface area contributed by atoms with Crippen molar-refractivity contribution in [3.8, 4) is 0 Å². The van der Waals surface area contributed by atoms with Gasteiger partial charge in [-0.25, -0.2) is 0 Å². The van der Waals surface area contributed by atoms with E-state index >= 15 is 0 Å². The molecule has 0 aliphatic carbocycles. The highest BCUT2D eigenvalue weighted by atomic mass is 35.5. The third-order valence-electron chi connectivity index (χ3n) is 5.01. The van der Waals surface area contributed by atoms with Gasteiger partial charge in [-0.3, -0.25) is 14.5 Å².